The van der Waals surface area contributed by atoms with Crippen LogP contribution in [-0.4, -0.2) is 79.2 Å². The van der Waals surface area contributed by atoms with Gasteiger partial charge in [-0.1, -0.05) is 0 Å². The average molecular weight is 247 g/mol. The molecule has 17 heavy (non-hydrogen) atoms. The van der Waals surface area contributed by atoms with Crippen molar-refractivity contribution in [3.05, 3.63) is 0 Å². The lowest BCUT2D eigenvalue weighted by Gasteiger charge is -2.28. The molecule has 7 nitrogen and oxygen atoms in total. The number of hydrogen-bond donors (Lipinski definition) is 4. The van der Waals surface area contributed by atoms with Crippen LogP contribution >= 0.6 is 0 Å². The van der Waals surface area contributed by atoms with Crippen molar-refractivity contribution in [3.63, 3.8) is 0 Å². The average Bonchev–Trinajstić information content (AvgIpc) is 2.30. The Balaban J connectivity index is 2.08. The Labute approximate surface area is 101 Å². The highest BCUT2D eigenvalue weighted by Crippen LogP contribution is 1.98. The van der Waals surface area contributed by atoms with E-state index in [9.17, 15) is 9.90 Å². The first-order valence-electron chi connectivity index (χ1n) is 5.76. The molecule has 100 valence electrons. The van der Waals surface area contributed by atoms with Crippen LogP contribution in [0.2, 0.25) is 0 Å². The second-order valence-corrected chi connectivity index (χ2v) is 4.14. The fraction of sp³-hybridized carbons (Fsp3) is 0.900. The van der Waals surface area contributed by atoms with Crippen molar-refractivity contribution >= 4 is 5.91 Å². The summed E-state index contributed by atoms with van der Waals surface area (Å²) in [5.41, 5.74) is 4.89. The number of carbonyl (C=O) groups excluding carboxylic acids is 1. The molecule has 7 heteroatoms. The maximum Gasteiger partial charge on any atom is 0.247 e. The van der Waals surface area contributed by atoms with Crippen LogP contribution in [0.25, 0.3) is 0 Å². The molecule has 0 aromatic rings. The zero-order chi connectivity index (χ0) is 12.7. The molecule has 2 unspecified atom stereocenters. The summed E-state index contributed by atoms with van der Waals surface area (Å²) in [5, 5.41) is 21.6. The van der Waals surface area contributed by atoms with Gasteiger partial charge in [0.2, 0.25) is 5.91 Å². The zero-order valence-electron chi connectivity index (χ0n) is 9.84. The molecule has 0 bridgehead atoms. The van der Waals surface area contributed by atoms with Gasteiger partial charge in [-0.2, -0.15) is 0 Å². The number of aliphatic hydroxyl groups excluding tert-OH is 2. The van der Waals surface area contributed by atoms with E-state index in [2.05, 4.69) is 10.2 Å². The smallest absolute Gasteiger partial charge is 0.247 e. The Bertz CT molecular complexity index is 234. The van der Waals surface area contributed by atoms with Gasteiger partial charge in [-0.05, 0) is 0 Å². The zero-order valence-corrected chi connectivity index (χ0v) is 9.84. The van der Waals surface area contributed by atoms with Crippen LogP contribution < -0.4 is 11.1 Å². The highest BCUT2D eigenvalue weighted by atomic mass is 16.5. The fourth-order valence-corrected chi connectivity index (χ4v) is 1.63. The number of nitrogens with two attached hydrogens (primary N) is 1. The van der Waals surface area contributed by atoms with Crippen LogP contribution in [0.15, 0.2) is 0 Å². The summed E-state index contributed by atoms with van der Waals surface area (Å²) in [5.74, 6) is -0.764. The normalized spacial score (nSPS) is 21.1. The van der Waals surface area contributed by atoms with Crippen LogP contribution in [0, 0.1) is 0 Å². The Hall–Kier alpha value is -0.730. The number of hydrogen-bond acceptors (Lipinski definition) is 6. The Morgan fingerprint density at radius 1 is 1.35 bits per heavy atom. The van der Waals surface area contributed by atoms with Crippen molar-refractivity contribution in [1.82, 2.24) is 10.2 Å². The van der Waals surface area contributed by atoms with E-state index >= 15 is 0 Å². The van der Waals surface area contributed by atoms with Gasteiger partial charge in [-0.15, -0.1) is 0 Å². The number of β-amino-alcohol motifs (C(OH)–C–C–N with tert-alkyl or cyclic N) is 1. The minimum Gasteiger partial charge on any atom is -0.390 e. The van der Waals surface area contributed by atoms with Crippen LogP contribution in [0.3, 0.4) is 0 Å². The number of nitrogens with zero attached hydrogens (tertiary/aromatic N) is 1. The standard InChI is InChI=1S/C10H21N3O4/c11-10(16)9(15)6-12-5-8(14)7-13-1-3-17-4-2-13/h8-9,12,14-15H,1-7H2,(H2,11,16). The van der Waals surface area contributed by atoms with E-state index in [1.807, 2.05) is 0 Å². The van der Waals surface area contributed by atoms with Crippen LogP contribution in [0.4, 0.5) is 0 Å². The van der Waals surface area contributed by atoms with Gasteiger partial charge in [0.1, 0.15) is 6.10 Å². The summed E-state index contributed by atoms with van der Waals surface area (Å²) in [6, 6.07) is 0. The summed E-state index contributed by atoms with van der Waals surface area (Å²) < 4.78 is 5.20. The third-order valence-corrected chi connectivity index (χ3v) is 2.62. The molecule has 0 aromatic carbocycles. The highest BCUT2D eigenvalue weighted by Gasteiger charge is 2.15. The minimum atomic E-state index is -1.20. The number of carbonyl (C=O) groups is 1. The molecule has 1 fully saturated rings. The third kappa shape index (κ3) is 5.94. The number of nitrogens with one attached hydrogen (secondary N) is 1. The lowest BCUT2D eigenvalue weighted by atomic mass is 10.3. The Morgan fingerprint density at radius 3 is 2.59 bits per heavy atom. The van der Waals surface area contributed by atoms with E-state index in [1.54, 1.807) is 0 Å². The first kappa shape index (κ1) is 14.3. The van der Waals surface area contributed by atoms with Crippen molar-refractivity contribution < 1.29 is 19.7 Å². The van der Waals surface area contributed by atoms with Gasteiger partial charge < -0.3 is 26.0 Å². The molecule has 0 aromatic heterocycles. The van der Waals surface area contributed by atoms with Gasteiger partial charge in [0.15, 0.2) is 0 Å². The maximum atomic E-state index is 10.5. The first-order chi connectivity index (χ1) is 8.09. The highest BCUT2D eigenvalue weighted by molar-refractivity contribution is 5.78. The first-order valence-corrected chi connectivity index (χ1v) is 5.76. The van der Waals surface area contributed by atoms with Crippen molar-refractivity contribution in [3.8, 4) is 0 Å². The molecule has 0 spiro atoms. The summed E-state index contributed by atoms with van der Waals surface area (Å²) >= 11 is 0. The second-order valence-electron chi connectivity index (χ2n) is 4.14. The molecule has 1 amide bonds. The summed E-state index contributed by atoms with van der Waals surface area (Å²) in [6.45, 7) is 3.98. The largest absolute Gasteiger partial charge is 0.390 e. The van der Waals surface area contributed by atoms with Gasteiger partial charge in [-0.3, -0.25) is 9.69 Å². The van der Waals surface area contributed by atoms with Crippen LogP contribution in [0.1, 0.15) is 0 Å². The fourth-order valence-electron chi connectivity index (χ4n) is 1.63. The van der Waals surface area contributed by atoms with Gasteiger partial charge >= 0.3 is 0 Å². The molecule has 0 aliphatic carbocycles. The van der Waals surface area contributed by atoms with Gasteiger partial charge in [-0.25, -0.2) is 0 Å². The lowest BCUT2D eigenvalue weighted by Crippen LogP contribution is -2.45. The molecular formula is C10H21N3O4. The van der Waals surface area contributed by atoms with E-state index in [1.165, 1.54) is 0 Å². The number of primary amides is 1. The number of aliphatic hydroxyl groups is 2. The molecule has 1 heterocycles. The quantitative estimate of drug-likeness (QED) is 0.385. The summed E-state index contributed by atoms with van der Waals surface area (Å²) in [7, 11) is 0. The SMILES string of the molecule is NC(=O)C(O)CNCC(O)CN1CCOCC1. The molecule has 5 N–H and O–H groups in total. The molecule has 0 saturated carbocycles. The minimum absolute atomic E-state index is 0.0650. The van der Waals surface area contributed by atoms with E-state index < -0.39 is 18.1 Å². The van der Waals surface area contributed by atoms with Crippen molar-refractivity contribution in [1.29, 1.82) is 0 Å². The van der Waals surface area contributed by atoms with E-state index in [-0.39, 0.29) is 6.54 Å². The number of ether oxygens (including phenoxy) is 1. The van der Waals surface area contributed by atoms with Crippen molar-refractivity contribution in [2.24, 2.45) is 5.73 Å². The van der Waals surface area contributed by atoms with Gasteiger partial charge in [0.25, 0.3) is 0 Å². The third-order valence-electron chi connectivity index (χ3n) is 2.62. The molecule has 0 radical (unpaired) electrons. The van der Waals surface area contributed by atoms with Gasteiger partial charge in [0, 0.05) is 32.7 Å². The monoisotopic (exact) mass is 247 g/mol. The second kappa shape index (κ2) is 7.57. The molecule has 2 atom stereocenters. The predicted molar refractivity (Wildman–Crippen MR) is 61.3 cm³/mol. The van der Waals surface area contributed by atoms with Gasteiger partial charge in [0.05, 0.1) is 19.3 Å². The van der Waals surface area contributed by atoms with Crippen LogP contribution in [-0.2, 0) is 9.53 Å². The molecular weight excluding hydrogens is 226 g/mol. The Morgan fingerprint density at radius 2 is 2.00 bits per heavy atom. The molecule has 1 rings (SSSR count). The number of rotatable bonds is 7. The summed E-state index contributed by atoms with van der Waals surface area (Å²) in [4.78, 5) is 12.7. The molecule has 1 saturated heterocycles. The van der Waals surface area contributed by atoms with E-state index in [0.29, 0.717) is 26.3 Å². The van der Waals surface area contributed by atoms with E-state index in [0.717, 1.165) is 13.1 Å². The lowest BCUT2D eigenvalue weighted by molar-refractivity contribution is -0.125. The van der Waals surface area contributed by atoms with Crippen molar-refractivity contribution in [2.45, 2.75) is 12.2 Å². The van der Waals surface area contributed by atoms with E-state index in [4.69, 9.17) is 15.6 Å². The number of morpholine rings is 1. The molecule has 1 aliphatic rings. The predicted octanol–water partition coefficient (Wildman–Crippen LogP) is -2.88. The maximum absolute atomic E-state index is 10.5. The number of amides is 1. The summed E-state index contributed by atoms with van der Waals surface area (Å²) in [6.07, 6.45) is -1.74. The topological polar surface area (TPSA) is 108 Å². The Kier molecular flexibility index (Phi) is 6.38. The van der Waals surface area contributed by atoms with Crippen molar-refractivity contribution in [2.75, 3.05) is 45.9 Å². The van der Waals surface area contributed by atoms with Crippen LogP contribution in [0.5, 0.6) is 0 Å². The molecule has 1 aliphatic heterocycles.